The van der Waals surface area contributed by atoms with E-state index in [-0.39, 0.29) is 11.5 Å². The highest BCUT2D eigenvalue weighted by Crippen LogP contribution is 2.21. The summed E-state index contributed by atoms with van der Waals surface area (Å²) in [6.07, 6.45) is 5.20. The van der Waals surface area contributed by atoms with Gasteiger partial charge in [0.2, 0.25) is 5.78 Å². The average Bonchev–Trinajstić information content (AvgIpc) is 3.12. The minimum absolute atomic E-state index is 0.194. The fourth-order valence-electron chi connectivity index (χ4n) is 3.05. The Morgan fingerprint density at radius 1 is 1.07 bits per heavy atom. The highest BCUT2D eigenvalue weighted by Gasteiger charge is 2.19. The molecule has 0 spiro atoms. The summed E-state index contributed by atoms with van der Waals surface area (Å²) >= 11 is 0. The molecular weight excluding hydrogens is 362 g/mol. The molecule has 4 rings (SSSR count). The van der Waals surface area contributed by atoms with Gasteiger partial charge in [-0.05, 0) is 47.9 Å². The van der Waals surface area contributed by atoms with Crippen molar-refractivity contribution in [3.8, 4) is 0 Å². The van der Waals surface area contributed by atoms with Gasteiger partial charge < -0.3 is 5.32 Å². The lowest BCUT2D eigenvalue weighted by Gasteiger charge is -2.19. The molecule has 0 saturated carbocycles. The third-order valence-corrected chi connectivity index (χ3v) is 4.35. The summed E-state index contributed by atoms with van der Waals surface area (Å²) in [6.45, 7) is 0. The maximum atomic E-state index is 13.7. The molecule has 2 aromatic heterocycles. The van der Waals surface area contributed by atoms with Gasteiger partial charge in [0.15, 0.2) is 0 Å². The van der Waals surface area contributed by atoms with Gasteiger partial charge in [-0.2, -0.15) is 0 Å². The van der Waals surface area contributed by atoms with Crippen LogP contribution in [0.1, 0.15) is 27.7 Å². The smallest absolute Gasteiger partial charge is 0.272 e. The Hall–Kier alpha value is -3.61. The van der Waals surface area contributed by atoms with Crippen molar-refractivity contribution in [1.29, 1.82) is 0 Å². The monoisotopic (exact) mass is 378 g/mol. The molecule has 140 valence electrons. The molecule has 0 aliphatic carbocycles. The number of hydrogen-bond donors (Lipinski definition) is 1. The summed E-state index contributed by atoms with van der Waals surface area (Å²) in [4.78, 5) is 21.1. The zero-order chi connectivity index (χ0) is 19.5. The summed E-state index contributed by atoms with van der Waals surface area (Å²) in [6, 6.07) is 13.3. The van der Waals surface area contributed by atoms with Gasteiger partial charge in [-0.1, -0.05) is 24.3 Å². The number of carbonyl (C=O) groups excluding carboxylic acids is 1. The van der Waals surface area contributed by atoms with Gasteiger partial charge in [0.05, 0.1) is 6.04 Å². The van der Waals surface area contributed by atoms with Gasteiger partial charge in [-0.15, -0.1) is 0 Å². The number of halogens is 2. The topological polar surface area (TPSA) is 59.3 Å². The standard InChI is InChI=1S/C21H16F2N4O/c22-16-6-1-4-14(10-16)11-18(15-5-2-7-17(23)12-15)25-20(28)19-13-27-9-3-8-24-21(27)26-19/h1-10,12-13,18H,11H2,(H,25,28). The van der Waals surface area contributed by atoms with Crippen molar-refractivity contribution in [3.63, 3.8) is 0 Å². The van der Waals surface area contributed by atoms with Crippen molar-refractivity contribution in [3.05, 3.63) is 102 Å². The van der Waals surface area contributed by atoms with Crippen LogP contribution in [0.5, 0.6) is 0 Å². The van der Waals surface area contributed by atoms with E-state index in [0.29, 0.717) is 23.3 Å². The van der Waals surface area contributed by atoms with E-state index >= 15 is 0 Å². The van der Waals surface area contributed by atoms with E-state index in [1.165, 1.54) is 24.3 Å². The van der Waals surface area contributed by atoms with Gasteiger partial charge in [-0.25, -0.2) is 18.7 Å². The van der Waals surface area contributed by atoms with Crippen LogP contribution in [0.3, 0.4) is 0 Å². The Morgan fingerprint density at radius 2 is 1.86 bits per heavy atom. The Kier molecular flexibility index (Phi) is 4.80. The fourth-order valence-corrected chi connectivity index (χ4v) is 3.05. The van der Waals surface area contributed by atoms with E-state index in [0.717, 1.165) is 0 Å². The number of aromatic nitrogens is 3. The van der Waals surface area contributed by atoms with Gasteiger partial charge in [-0.3, -0.25) is 9.20 Å². The second kappa shape index (κ2) is 7.56. The predicted molar refractivity (Wildman–Crippen MR) is 99.7 cm³/mol. The number of imidazole rings is 1. The SMILES string of the molecule is O=C(NC(Cc1cccc(F)c1)c1cccc(F)c1)c1cn2cccnc2n1. The molecule has 1 unspecified atom stereocenters. The van der Waals surface area contributed by atoms with Crippen molar-refractivity contribution in [2.75, 3.05) is 0 Å². The Labute approximate surface area is 159 Å². The molecule has 5 nitrogen and oxygen atoms in total. The molecule has 0 aliphatic heterocycles. The van der Waals surface area contributed by atoms with Crippen LogP contribution >= 0.6 is 0 Å². The second-order valence-corrected chi connectivity index (χ2v) is 6.37. The molecule has 1 N–H and O–H groups in total. The third-order valence-electron chi connectivity index (χ3n) is 4.35. The number of benzene rings is 2. The lowest BCUT2D eigenvalue weighted by Crippen LogP contribution is -2.30. The first-order valence-corrected chi connectivity index (χ1v) is 8.69. The van der Waals surface area contributed by atoms with Crippen molar-refractivity contribution in [2.24, 2.45) is 0 Å². The van der Waals surface area contributed by atoms with Crippen LogP contribution in [-0.2, 0) is 6.42 Å². The van der Waals surface area contributed by atoms with E-state index < -0.39 is 17.8 Å². The Morgan fingerprint density at radius 3 is 2.61 bits per heavy atom. The summed E-state index contributed by atoms with van der Waals surface area (Å²) < 4.78 is 28.9. The zero-order valence-electron chi connectivity index (χ0n) is 14.7. The number of hydrogen-bond acceptors (Lipinski definition) is 3. The average molecular weight is 378 g/mol. The van der Waals surface area contributed by atoms with Gasteiger partial charge in [0, 0.05) is 18.6 Å². The van der Waals surface area contributed by atoms with E-state index in [4.69, 9.17) is 0 Å². The molecule has 4 aromatic rings. The van der Waals surface area contributed by atoms with Crippen molar-refractivity contribution in [2.45, 2.75) is 12.5 Å². The summed E-state index contributed by atoms with van der Waals surface area (Å²) in [5.41, 5.74) is 1.46. The van der Waals surface area contributed by atoms with Gasteiger partial charge >= 0.3 is 0 Å². The third kappa shape index (κ3) is 3.88. The van der Waals surface area contributed by atoms with Crippen LogP contribution in [-0.4, -0.2) is 20.3 Å². The summed E-state index contributed by atoms with van der Waals surface area (Å²) in [5, 5.41) is 2.87. The summed E-state index contributed by atoms with van der Waals surface area (Å²) in [5.74, 6) is -0.794. The quantitative estimate of drug-likeness (QED) is 0.576. The summed E-state index contributed by atoms with van der Waals surface area (Å²) in [7, 11) is 0. The molecule has 0 bridgehead atoms. The van der Waals surface area contributed by atoms with Crippen LogP contribution in [0.4, 0.5) is 8.78 Å². The van der Waals surface area contributed by atoms with Gasteiger partial charge in [0.25, 0.3) is 5.91 Å². The van der Waals surface area contributed by atoms with E-state index in [9.17, 15) is 13.6 Å². The lowest BCUT2D eigenvalue weighted by atomic mass is 9.98. The number of amides is 1. The van der Waals surface area contributed by atoms with Crippen LogP contribution in [0.25, 0.3) is 5.78 Å². The van der Waals surface area contributed by atoms with E-state index in [1.807, 2.05) is 0 Å². The molecule has 28 heavy (non-hydrogen) atoms. The van der Waals surface area contributed by atoms with Crippen LogP contribution in [0.15, 0.2) is 73.2 Å². The largest absolute Gasteiger partial charge is 0.344 e. The highest BCUT2D eigenvalue weighted by atomic mass is 19.1. The normalized spacial score (nSPS) is 12.1. The zero-order valence-corrected chi connectivity index (χ0v) is 14.7. The minimum atomic E-state index is -0.553. The first-order valence-electron chi connectivity index (χ1n) is 8.69. The van der Waals surface area contributed by atoms with Crippen LogP contribution < -0.4 is 5.32 Å². The van der Waals surface area contributed by atoms with Crippen molar-refractivity contribution in [1.82, 2.24) is 19.7 Å². The molecule has 1 atom stereocenters. The lowest BCUT2D eigenvalue weighted by molar-refractivity contribution is 0.0932. The molecular formula is C21H16F2N4O. The highest BCUT2D eigenvalue weighted by molar-refractivity contribution is 5.93. The van der Waals surface area contributed by atoms with Crippen molar-refractivity contribution < 1.29 is 13.6 Å². The molecule has 0 saturated heterocycles. The molecule has 0 fully saturated rings. The molecule has 2 aromatic carbocycles. The molecule has 0 aliphatic rings. The number of carbonyl (C=O) groups is 1. The molecule has 2 heterocycles. The number of nitrogens with zero attached hydrogens (tertiary/aromatic N) is 3. The molecule has 0 radical (unpaired) electrons. The van der Waals surface area contributed by atoms with E-state index in [1.54, 1.807) is 53.3 Å². The number of fused-ring (bicyclic) bond motifs is 1. The fraction of sp³-hybridized carbons (Fsp3) is 0.0952. The first kappa shape index (κ1) is 17.8. The van der Waals surface area contributed by atoms with Crippen molar-refractivity contribution >= 4 is 11.7 Å². The number of nitrogens with one attached hydrogen (secondary N) is 1. The second-order valence-electron chi connectivity index (χ2n) is 6.37. The molecule has 1 amide bonds. The predicted octanol–water partition coefficient (Wildman–Crippen LogP) is 3.72. The number of rotatable bonds is 5. The van der Waals surface area contributed by atoms with Crippen LogP contribution in [0, 0.1) is 11.6 Å². The van der Waals surface area contributed by atoms with Crippen LogP contribution in [0.2, 0.25) is 0 Å². The maximum absolute atomic E-state index is 13.7. The Bertz CT molecular complexity index is 1110. The first-order chi connectivity index (χ1) is 13.6. The minimum Gasteiger partial charge on any atom is -0.344 e. The van der Waals surface area contributed by atoms with E-state index in [2.05, 4.69) is 15.3 Å². The Balaban J connectivity index is 1.63. The molecule has 7 heteroatoms. The maximum Gasteiger partial charge on any atom is 0.272 e. The van der Waals surface area contributed by atoms with Gasteiger partial charge in [0.1, 0.15) is 17.3 Å².